The molecule has 0 aliphatic heterocycles. The minimum absolute atomic E-state index is 0.0226. The molecule has 6 heteroatoms. The lowest BCUT2D eigenvalue weighted by atomic mass is 9.85. The molecule has 3 N–H and O–H groups in total. The van der Waals surface area contributed by atoms with Crippen molar-refractivity contribution in [3.63, 3.8) is 0 Å². The van der Waals surface area contributed by atoms with Crippen molar-refractivity contribution in [2.75, 3.05) is 19.5 Å². The molecule has 0 bridgehead atoms. The molecule has 0 atom stereocenters. The number of nitrogens with two attached hydrogens (primary N) is 1. The fourth-order valence-corrected chi connectivity index (χ4v) is 2.28. The first-order chi connectivity index (χ1) is 10.9. The Kier molecular flexibility index (Phi) is 4.43. The van der Waals surface area contributed by atoms with Crippen LogP contribution in [-0.4, -0.2) is 29.4 Å². The average Bonchev–Trinajstić information content (AvgIpc) is 2.90. The van der Waals surface area contributed by atoms with Crippen LogP contribution in [0.1, 0.15) is 35.5 Å². The number of rotatable bonds is 4. The molecular formula is C17H19N3O3. The number of esters is 1. The number of hydrogen-bond acceptors (Lipinski definition) is 5. The average molecular weight is 313 g/mol. The summed E-state index contributed by atoms with van der Waals surface area (Å²) in [4.78, 5) is 12.0. The highest BCUT2D eigenvalue weighted by molar-refractivity contribution is 5.95. The molecule has 0 fully saturated rings. The summed E-state index contributed by atoms with van der Waals surface area (Å²) in [6, 6.07) is 9.31. The summed E-state index contributed by atoms with van der Waals surface area (Å²) in [5.74, 6) is -0.608. The number of aliphatic hydroxyl groups is 1. The van der Waals surface area contributed by atoms with Gasteiger partial charge in [-0.25, -0.2) is 4.79 Å². The maximum atomic E-state index is 12.0. The Labute approximate surface area is 134 Å². The van der Waals surface area contributed by atoms with Gasteiger partial charge in [-0.3, -0.25) is 0 Å². The second-order valence-electron chi connectivity index (χ2n) is 5.87. The van der Waals surface area contributed by atoms with E-state index in [0.717, 1.165) is 5.56 Å². The SMILES string of the molecule is COC(=O)c1c(N)c(C#N)cn1-c1ccc(C(C)(C)CO)cc1. The largest absolute Gasteiger partial charge is 0.464 e. The topological polar surface area (TPSA) is 101 Å². The van der Waals surface area contributed by atoms with E-state index < -0.39 is 5.97 Å². The van der Waals surface area contributed by atoms with E-state index in [1.165, 1.54) is 17.9 Å². The Morgan fingerprint density at radius 2 is 2.00 bits per heavy atom. The predicted octanol–water partition coefficient (Wildman–Crippen LogP) is 1.99. The summed E-state index contributed by atoms with van der Waals surface area (Å²) in [6.07, 6.45) is 1.51. The van der Waals surface area contributed by atoms with Gasteiger partial charge < -0.3 is 20.1 Å². The van der Waals surface area contributed by atoms with E-state index in [4.69, 9.17) is 15.7 Å². The van der Waals surface area contributed by atoms with Gasteiger partial charge in [0.25, 0.3) is 0 Å². The summed E-state index contributed by atoms with van der Waals surface area (Å²) < 4.78 is 6.29. The summed E-state index contributed by atoms with van der Waals surface area (Å²) >= 11 is 0. The zero-order valence-electron chi connectivity index (χ0n) is 13.3. The summed E-state index contributed by atoms with van der Waals surface area (Å²) in [7, 11) is 1.26. The summed E-state index contributed by atoms with van der Waals surface area (Å²) in [5, 5.41) is 18.6. The van der Waals surface area contributed by atoms with Gasteiger partial charge in [-0.1, -0.05) is 26.0 Å². The maximum absolute atomic E-state index is 12.0. The number of benzene rings is 1. The van der Waals surface area contributed by atoms with Crippen LogP contribution in [0, 0.1) is 11.3 Å². The molecule has 0 unspecified atom stereocenters. The van der Waals surface area contributed by atoms with Gasteiger partial charge >= 0.3 is 5.97 Å². The van der Waals surface area contributed by atoms with Gasteiger partial charge in [0.15, 0.2) is 5.69 Å². The molecule has 0 amide bonds. The van der Waals surface area contributed by atoms with Crippen molar-refractivity contribution >= 4 is 11.7 Å². The third-order valence-corrected chi connectivity index (χ3v) is 3.87. The van der Waals surface area contributed by atoms with Gasteiger partial charge in [0, 0.05) is 17.3 Å². The second kappa shape index (κ2) is 6.15. The zero-order valence-corrected chi connectivity index (χ0v) is 13.3. The molecule has 0 saturated carbocycles. The van der Waals surface area contributed by atoms with Crippen LogP contribution in [0.3, 0.4) is 0 Å². The molecule has 0 aliphatic carbocycles. The van der Waals surface area contributed by atoms with Crippen molar-refractivity contribution in [3.8, 4) is 11.8 Å². The standard InChI is InChI=1S/C17H19N3O3/c1-17(2,10-21)12-4-6-13(7-5-12)20-9-11(8-18)14(19)15(20)16(22)23-3/h4-7,9,21H,10,19H2,1-3H3. The number of nitrogens with zero attached hydrogens (tertiary/aromatic N) is 2. The van der Waals surface area contributed by atoms with Crippen LogP contribution < -0.4 is 5.73 Å². The van der Waals surface area contributed by atoms with Crippen molar-refractivity contribution in [1.82, 2.24) is 4.57 Å². The van der Waals surface area contributed by atoms with Crippen LogP contribution in [-0.2, 0) is 10.2 Å². The molecule has 0 radical (unpaired) electrons. The van der Waals surface area contributed by atoms with Gasteiger partial charge in [-0.15, -0.1) is 0 Å². The molecule has 2 aromatic rings. The normalized spacial score (nSPS) is 11.1. The highest BCUT2D eigenvalue weighted by Crippen LogP contribution is 2.27. The van der Waals surface area contributed by atoms with Crippen LogP contribution in [0.2, 0.25) is 0 Å². The quantitative estimate of drug-likeness (QED) is 0.841. The Morgan fingerprint density at radius 3 is 2.48 bits per heavy atom. The Bertz CT molecular complexity index is 768. The molecule has 120 valence electrons. The van der Waals surface area contributed by atoms with E-state index >= 15 is 0 Å². The highest BCUT2D eigenvalue weighted by Gasteiger charge is 2.23. The molecule has 23 heavy (non-hydrogen) atoms. The summed E-state index contributed by atoms with van der Waals surface area (Å²) in [6.45, 7) is 3.89. The zero-order chi connectivity index (χ0) is 17.2. The predicted molar refractivity (Wildman–Crippen MR) is 86.3 cm³/mol. The van der Waals surface area contributed by atoms with Crippen LogP contribution in [0.5, 0.6) is 0 Å². The second-order valence-corrected chi connectivity index (χ2v) is 5.87. The van der Waals surface area contributed by atoms with Gasteiger partial charge in [-0.05, 0) is 17.7 Å². The monoisotopic (exact) mass is 313 g/mol. The lowest BCUT2D eigenvalue weighted by Crippen LogP contribution is -2.21. The van der Waals surface area contributed by atoms with E-state index in [9.17, 15) is 9.90 Å². The van der Waals surface area contributed by atoms with E-state index in [2.05, 4.69) is 0 Å². The Morgan fingerprint density at radius 1 is 1.39 bits per heavy atom. The first-order valence-corrected chi connectivity index (χ1v) is 7.06. The van der Waals surface area contributed by atoms with E-state index in [1.54, 1.807) is 12.1 Å². The molecule has 1 aromatic carbocycles. The van der Waals surface area contributed by atoms with Gasteiger partial charge in [0.05, 0.1) is 25.0 Å². The number of aliphatic hydroxyl groups excluding tert-OH is 1. The molecule has 1 heterocycles. The first kappa shape index (κ1) is 16.6. The molecule has 1 aromatic heterocycles. The lowest BCUT2D eigenvalue weighted by molar-refractivity contribution is 0.0593. The number of carbonyl (C=O) groups excluding carboxylic acids is 1. The maximum Gasteiger partial charge on any atom is 0.357 e. The first-order valence-electron chi connectivity index (χ1n) is 7.06. The van der Waals surface area contributed by atoms with Crippen molar-refractivity contribution in [2.24, 2.45) is 0 Å². The van der Waals surface area contributed by atoms with Crippen molar-refractivity contribution < 1.29 is 14.6 Å². The fraction of sp³-hybridized carbons (Fsp3) is 0.294. The number of nitriles is 1. The number of ether oxygens (including phenoxy) is 1. The van der Waals surface area contributed by atoms with Gasteiger partial charge in [0.1, 0.15) is 6.07 Å². The lowest BCUT2D eigenvalue weighted by Gasteiger charge is -2.22. The number of carbonyl (C=O) groups is 1. The smallest absolute Gasteiger partial charge is 0.357 e. The number of methoxy groups -OCH3 is 1. The van der Waals surface area contributed by atoms with Crippen LogP contribution in [0.15, 0.2) is 30.5 Å². The van der Waals surface area contributed by atoms with Gasteiger partial charge in [-0.2, -0.15) is 5.26 Å². The third-order valence-electron chi connectivity index (χ3n) is 3.87. The molecule has 2 rings (SSSR count). The Balaban J connectivity index is 2.55. The van der Waals surface area contributed by atoms with Crippen LogP contribution >= 0.6 is 0 Å². The van der Waals surface area contributed by atoms with Crippen molar-refractivity contribution in [2.45, 2.75) is 19.3 Å². The van der Waals surface area contributed by atoms with Gasteiger partial charge in [0.2, 0.25) is 0 Å². The molecule has 0 aliphatic rings. The van der Waals surface area contributed by atoms with Crippen molar-refractivity contribution in [3.05, 3.63) is 47.3 Å². The fourth-order valence-electron chi connectivity index (χ4n) is 2.28. The minimum atomic E-state index is -0.608. The molecule has 6 nitrogen and oxygen atoms in total. The van der Waals surface area contributed by atoms with Crippen LogP contribution in [0.4, 0.5) is 5.69 Å². The number of anilines is 1. The van der Waals surface area contributed by atoms with E-state index in [0.29, 0.717) is 5.69 Å². The number of aromatic nitrogens is 1. The van der Waals surface area contributed by atoms with Crippen molar-refractivity contribution in [1.29, 1.82) is 5.26 Å². The minimum Gasteiger partial charge on any atom is -0.464 e. The number of hydrogen-bond donors (Lipinski definition) is 2. The summed E-state index contributed by atoms with van der Waals surface area (Å²) in [5.41, 5.74) is 7.58. The molecule has 0 saturated heterocycles. The molecular weight excluding hydrogens is 294 g/mol. The third kappa shape index (κ3) is 2.91. The van der Waals surface area contributed by atoms with Crippen LogP contribution in [0.25, 0.3) is 5.69 Å². The Hall–Kier alpha value is -2.78. The van der Waals surface area contributed by atoms with E-state index in [-0.39, 0.29) is 29.0 Å². The molecule has 0 spiro atoms. The highest BCUT2D eigenvalue weighted by atomic mass is 16.5. The number of nitrogen functional groups attached to an aromatic ring is 1. The van der Waals surface area contributed by atoms with E-state index in [1.807, 2.05) is 32.0 Å².